The highest BCUT2D eigenvalue weighted by atomic mass is 32.2. The molecular formula is C23H38N7O17P3S. The molecule has 2 aromatic heterocycles. The number of aliphatic hydroxyl groups is 2. The van der Waals surface area contributed by atoms with Crippen LogP contribution in [0.2, 0.25) is 0 Å². The Hall–Kier alpha value is -2.44. The van der Waals surface area contributed by atoms with Crippen molar-refractivity contribution >= 4 is 70.3 Å². The Morgan fingerprint density at radius 2 is 1.80 bits per heavy atom. The van der Waals surface area contributed by atoms with Crippen molar-refractivity contribution in [2.75, 3.05) is 43.5 Å². The summed E-state index contributed by atoms with van der Waals surface area (Å²) in [5.41, 5.74) is 4.27. The second-order valence-corrected chi connectivity index (χ2v) is 16.7. The number of imidazole rings is 1. The highest BCUT2D eigenvalue weighted by Crippen LogP contribution is 2.61. The molecule has 24 nitrogen and oxygen atoms in total. The van der Waals surface area contributed by atoms with Crippen LogP contribution in [0.25, 0.3) is 11.2 Å². The van der Waals surface area contributed by atoms with Gasteiger partial charge in [-0.25, -0.2) is 28.6 Å². The number of phosphoric ester groups is 3. The number of nitrogens with one attached hydrogen (secondary N) is 2. The van der Waals surface area contributed by atoms with E-state index in [9.17, 15) is 57.9 Å². The molecule has 0 aliphatic carbocycles. The van der Waals surface area contributed by atoms with Crippen LogP contribution in [0, 0.1) is 5.41 Å². The Morgan fingerprint density at radius 3 is 2.47 bits per heavy atom. The molecule has 0 aromatic carbocycles. The van der Waals surface area contributed by atoms with Crippen LogP contribution in [0.5, 0.6) is 0 Å². The minimum atomic E-state index is -5.55. The number of nitrogens with zero attached hydrogens (tertiary/aromatic N) is 4. The minimum absolute atomic E-state index is 0.0319. The summed E-state index contributed by atoms with van der Waals surface area (Å²) in [6.07, 6.45) is -6.11. The van der Waals surface area contributed by atoms with Crippen LogP contribution in [0.1, 0.15) is 26.5 Å². The van der Waals surface area contributed by atoms with Crippen LogP contribution in [-0.2, 0) is 50.7 Å². The van der Waals surface area contributed by atoms with Gasteiger partial charge in [0.05, 0.1) is 19.5 Å². The zero-order valence-electron chi connectivity index (χ0n) is 26.9. The number of thioether (sulfide) groups is 1. The number of rotatable bonds is 21. The molecule has 2 aromatic rings. The quantitative estimate of drug-likeness (QED) is 0.0387. The number of aromatic nitrogens is 4. The number of carbonyl (C=O) groups excluding carboxylic acids is 3. The lowest BCUT2D eigenvalue weighted by atomic mass is 9.87. The molecule has 3 rings (SSSR count). The molecule has 0 bridgehead atoms. The third kappa shape index (κ3) is 12.9. The zero-order chi connectivity index (χ0) is 38.2. The zero-order valence-corrected chi connectivity index (χ0v) is 30.4. The molecule has 0 saturated carbocycles. The molecule has 1 aliphatic heterocycles. The van der Waals surface area contributed by atoms with Gasteiger partial charge in [0.2, 0.25) is 11.8 Å². The Labute approximate surface area is 293 Å². The predicted molar refractivity (Wildman–Crippen MR) is 173 cm³/mol. The average molecular weight is 810 g/mol. The summed E-state index contributed by atoms with van der Waals surface area (Å²) in [6, 6.07) is 0. The first-order valence-electron chi connectivity index (χ1n) is 14.6. The van der Waals surface area contributed by atoms with E-state index in [1.165, 1.54) is 25.6 Å². The molecule has 28 heteroatoms. The van der Waals surface area contributed by atoms with Gasteiger partial charge >= 0.3 is 23.5 Å². The van der Waals surface area contributed by atoms with E-state index in [1.807, 2.05) is 0 Å². The maximum atomic E-state index is 12.6. The van der Waals surface area contributed by atoms with E-state index in [2.05, 4.69) is 34.4 Å². The summed E-state index contributed by atoms with van der Waals surface area (Å²) in [6.45, 7) is 0.626. The fraction of sp³-hybridized carbons (Fsp3) is 0.652. The molecule has 7 atom stereocenters. The van der Waals surface area contributed by atoms with E-state index in [0.717, 1.165) is 23.5 Å². The molecule has 3 heterocycles. The second kappa shape index (κ2) is 18.1. The lowest BCUT2D eigenvalue weighted by molar-refractivity contribution is -0.137. The standard InChI is InChI=1S/C23H38N7O17P3S/c1-23(2,18(34)21(35)26-4-3-14(32)25-5-7-51-8-6-31)10-44-50(41,42)47-49(39,40)43-9-13-17(46-48(36,37)38)16(33)22(45-13)30-12-29-15-19(24)27-11-28-20(15)30/h6,11-13,16-18,22,33-34H,3-5,7-10H2,1-2H3,(H,25,32)(H,26,35)(H,39,40)(H,41,42)(H2,24,27,28)(H2,36,37,38)/t13-,16-,17-,18+,22-/m1/s1. The van der Waals surface area contributed by atoms with Gasteiger partial charge in [0, 0.05) is 36.4 Å². The van der Waals surface area contributed by atoms with Crippen molar-refractivity contribution in [3.05, 3.63) is 12.7 Å². The summed E-state index contributed by atoms with van der Waals surface area (Å²) < 4.78 is 61.8. The third-order valence-corrected chi connectivity index (χ3v) is 10.8. The number of nitrogen functional groups attached to an aromatic ring is 1. The van der Waals surface area contributed by atoms with Crippen molar-refractivity contribution in [3.63, 3.8) is 0 Å². The van der Waals surface area contributed by atoms with Crippen LogP contribution in [-0.4, -0.2) is 130 Å². The van der Waals surface area contributed by atoms with E-state index in [-0.39, 0.29) is 35.7 Å². The average Bonchev–Trinajstić information content (AvgIpc) is 3.58. The van der Waals surface area contributed by atoms with Crippen LogP contribution < -0.4 is 16.4 Å². The number of ether oxygens (including phenoxy) is 1. The molecule has 0 spiro atoms. The molecule has 51 heavy (non-hydrogen) atoms. The van der Waals surface area contributed by atoms with Gasteiger partial charge in [-0.1, -0.05) is 13.8 Å². The number of nitrogens with two attached hydrogens (primary N) is 1. The maximum Gasteiger partial charge on any atom is 0.481 e. The first-order chi connectivity index (χ1) is 23.7. The van der Waals surface area contributed by atoms with Crippen LogP contribution in [0.4, 0.5) is 5.82 Å². The van der Waals surface area contributed by atoms with Gasteiger partial charge in [-0.2, -0.15) is 16.1 Å². The minimum Gasteiger partial charge on any atom is -0.386 e. The molecule has 1 saturated heterocycles. The van der Waals surface area contributed by atoms with E-state index in [4.69, 9.17) is 19.5 Å². The van der Waals surface area contributed by atoms with Crippen molar-refractivity contribution in [2.24, 2.45) is 5.41 Å². The van der Waals surface area contributed by atoms with Gasteiger partial charge in [-0.05, 0) is 0 Å². The van der Waals surface area contributed by atoms with Gasteiger partial charge in [0.15, 0.2) is 17.7 Å². The largest absolute Gasteiger partial charge is 0.481 e. The molecule has 10 N–H and O–H groups in total. The summed E-state index contributed by atoms with van der Waals surface area (Å²) >= 11 is 1.32. The molecule has 1 fully saturated rings. The van der Waals surface area contributed by atoms with Crippen molar-refractivity contribution in [1.82, 2.24) is 30.2 Å². The number of phosphoric acid groups is 3. The lowest BCUT2D eigenvalue weighted by Gasteiger charge is -2.30. The van der Waals surface area contributed by atoms with Crippen LogP contribution in [0.3, 0.4) is 0 Å². The van der Waals surface area contributed by atoms with Crippen LogP contribution >= 0.6 is 35.2 Å². The van der Waals surface area contributed by atoms with Gasteiger partial charge in [-0.15, -0.1) is 0 Å². The van der Waals surface area contributed by atoms with E-state index in [1.54, 1.807) is 0 Å². The van der Waals surface area contributed by atoms with Crippen molar-refractivity contribution in [3.8, 4) is 0 Å². The number of aldehydes is 1. The smallest absolute Gasteiger partial charge is 0.386 e. The predicted octanol–water partition coefficient (Wildman–Crippen LogP) is -1.66. The normalized spacial score (nSPS) is 22.6. The fourth-order valence-corrected chi connectivity index (χ4v) is 7.67. The van der Waals surface area contributed by atoms with E-state index < -0.39 is 84.6 Å². The van der Waals surface area contributed by atoms with E-state index >= 15 is 0 Å². The van der Waals surface area contributed by atoms with Gasteiger partial charge in [0.1, 0.15) is 42.5 Å². The van der Waals surface area contributed by atoms with Crippen molar-refractivity contribution in [2.45, 2.75) is 50.9 Å². The van der Waals surface area contributed by atoms with Gasteiger partial charge < -0.3 is 55.7 Å². The van der Waals surface area contributed by atoms with Crippen molar-refractivity contribution in [1.29, 1.82) is 0 Å². The number of carbonyl (C=O) groups is 3. The molecule has 1 aliphatic rings. The molecule has 288 valence electrons. The summed E-state index contributed by atoms with van der Waals surface area (Å²) in [4.78, 5) is 85.3. The lowest BCUT2D eigenvalue weighted by Crippen LogP contribution is -2.46. The first-order valence-corrected chi connectivity index (χ1v) is 20.2. The summed E-state index contributed by atoms with van der Waals surface area (Å²) in [5, 5.41) is 26.2. The Morgan fingerprint density at radius 1 is 1.12 bits per heavy atom. The number of aliphatic hydroxyl groups excluding tert-OH is 2. The Bertz CT molecular complexity index is 1680. The number of fused-ring (bicyclic) bond motifs is 1. The monoisotopic (exact) mass is 809 g/mol. The molecular weight excluding hydrogens is 771 g/mol. The molecule has 2 amide bonds. The molecule has 2 unspecified atom stereocenters. The summed E-state index contributed by atoms with van der Waals surface area (Å²) in [7, 11) is -16.3. The number of anilines is 1. The van der Waals surface area contributed by atoms with E-state index in [0.29, 0.717) is 12.3 Å². The highest BCUT2D eigenvalue weighted by Gasteiger charge is 2.50. The number of amides is 2. The summed E-state index contributed by atoms with van der Waals surface area (Å²) in [5.74, 6) is -0.615. The Kier molecular flexibility index (Phi) is 15.2. The van der Waals surface area contributed by atoms with Gasteiger partial charge in [-0.3, -0.25) is 27.7 Å². The first kappa shape index (κ1) is 43.0. The van der Waals surface area contributed by atoms with Gasteiger partial charge in [0.25, 0.3) is 0 Å². The van der Waals surface area contributed by atoms with Crippen LogP contribution in [0.15, 0.2) is 12.7 Å². The number of hydrogen-bond acceptors (Lipinski definition) is 18. The fourth-order valence-electron chi connectivity index (χ4n) is 4.33. The number of hydrogen-bond donors (Lipinski definition) is 9. The van der Waals surface area contributed by atoms with Crippen molar-refractivity contribution < 1.29 is 80.5 Å². The Balaban J connectivity index is 1.55. The third-order valence-electron chi connectivity index (χ3n) is 6.83. The second-order valence-electron chi connectivity index (χ2n) is 11.3. The highest BCUT2D eigenvalue weighted by molar-refractivity contribution is 7.99. The topological polar surface area (TPSA) is 364 Å². The SMILES string of the molecule is CC(C)(COP(=O)(O)OP(=O)(O)OC[C@H]1O[C@@H](n2cnc3c(N)ncnc32)[C@H](O)[C@@H]1OP(=O)(O)O)[C@@H](O)C(=O)NCCC(=O)NCCSCC=O. The maximum absolute atomic E-state index is 12.6. The molecule has 0 radical (unpaired) electrons.